The minimum Gasteiger partial charge on any atom is -0.372 e. The highest BCUT2D eigenvalue weighted by atomic mass is 16.2. The molecule has 6 heteroatoms. The molecule has 0 aromatic heterocycles. The van der Waals surface area contributed by atoms with E-state index in [1.165, 1.54) is 24.9 Å². The van der Waals surface area contributed by atoms with Crippen LogP contribution >= 0.6 is 0 Å². The van der Waals surface area contributed by atoms with Crippen LogP contribution in [0.2, 0.25) is 0 Å². The average molecular weight is 396 g/mol. The molecule has 1 unspecified atom stereocenters. The van der Waals surface area contributed by atoms with Crippen LogP contribution in [0.25, 0.3) is 0 Å². The third kappa shape index (κ3) is 6.61. The van der Waals surface area contributed by atoms with Gasteiger partial charge in [0, 0.05) is 30.2 Å². The molecule has 2 amide bonds. The Morgan fingerprint density at radius 1 is 0.828 bits per heavy atom. The maximum atomic E-state index is 12.3. The lowest BCUT2D eigenvalue weighted by Crippen LogP contribution is -3.11. The molecular weight excluding hydrogens is 364 g/mol. The van der Waals surface area contributed by atoms with Crippen LogP contribution in [0.5, 0.6) is 0 Å². The number of benzene rings is 2. The average Bonchev–Trinajstić information content (AvgIpc) is 2.70. The summed E-state index contributed by atoms with van der Waals surface area (Å²) in [6.07, 6.45) is 3.79. The van der Waals surface area contributed by atoms with E-state index in [2.05, 4.69) is 27.7 Å². The van der Waals surface area contributed by atoms with Gasteiger partial charge in [0.1, 0.15) is 0 Å². The minimum absolute atomic E-state index is 0.101. The molecule has 1 fully saturated rings. The summed E-state index contributed by atoms with van der Waals surface area (Å²) in [5, 5.41) is 5.79. The number of nitrogens with zero attached hydrogens (tertiary/aromatic N) is 1. The lowest BCUT2D eigenvalue weighted by molar-refractivity contribution is -0.862. The van der Waals surface area contributed by atoms with E-state index < -0.39 is 0 Å². The number of anilines is 3. The fourth-order valence-corrected chi connectivity index (χ4v) is 3.57. The fourth-order valence-electron chi connectivity index (χ4n) is 3.57. The number of aryl methyl sites for hydroxylation is 1. The van der Waals surface area contributed by atoms with Crippen molar-refractivity contribution in [1.82, 2.24) is 0 Å². The number of carbonyl (C=O) groups excluding carboxylic acids is 2. The first-order chi connectivity index (χ1) is 14.0. The van der Waals surface area contributed by atoms with E-state index in [9.17, 15) is 9.59 Å². The molecular formula is C23H31N4O2+. The van der Waals surface area contributed by atoms with Crippen LogP contribution in [0.1, 0.15) is 24.8 Å². The van der Waals surface area contributed by atoms with Gasteiger partial charge in [0.25, 0.3) is 11.8 Å². The molecule has 0 spiro atoms. The van der Waals surface area contributed by atoms with Gasteiger partial charge in [0.05, 0.1) is 7.05 Å². The quantitative estimate of drug-likeness (QED) is 0.673. The van der Waals surface area contributed by atoms with Crippen molar-refractivity contribution in [2.24, 2.45) is 0 Å². The lowest BCUT2D eigenvalue weighted by atomic mass is 10.1. The van der Waals surface area contributed by atoms with Gasteiger partial charge in [-0.05, 0) is 62.6 Å². The van der Waals surface area contributed by atoms with Crippen LogP contribution in [0.4, 0.5) is 17.1 Å². The van der Waals surface area contributed by atoms with E-state index in [-0.39, 0.29) is 24.9 Å². The van der Waals surface area contributed by atoms with Crippen molar-refractivity contribution < 1.29 is 14.5 Å². The molecule has 1 atom stereocenters. The van der Waals surface area contributed by atoms with Gasteiger partial charge < -0.3 is 20.4 Å². The van der Waals surface area contributed by atoms with Crippen molar-refractivity contribution in [3.05, 3.63) is 54.1 Å². The lowest BCUT2D eigenvalue weighted by Gasteiger charge is -2.28. The molecule has 6 nitrogen and oxygen atoms in total. The number of hydrogen-bond donors (Lipinski definition) is 3. The summed E-state index contributed by atoms with van der Waals surface area (Å²) >= 11 is 0. The van der Waals surface area contributed by atoms with E-state index >= 15 is 0 Å². The molecule has 1 saturated heterocycles. The topological polar surface area (TPSA) is 65.9 Å². The summed E-state index contributed by atoms with van der Waals surface area (Å²) in [6, 6.07) is 15.7. The number of carbonyl (C=O) groups is 2. The number of hydrogen-bond acceptors (Lipinski definition) is 3. The van der Waals surface area contributed by atoms with Crippen LogP contribution < -0.4 is 20.4 Å². The van der Waals surface area contributed by atoms with Crippen molar-refractivity contribution >= 4 is 28.9 Å². The van der Waals surface area contributed by atoms with E-state index in [0.29, 0.717) is 0 Å². The van der Waals surface area contributed by atoms with Gasteiger partial charge >= 0.3 is 0 Å². The Morgan fingerprint density at radius 2 is 1.31 bits per heavy atom. The number of quaternary nitrogens is 1. The number of amides is 2. The summed E-state index contributed by atoms with van der Waals surface area (Å²) in [5.41, 5.74) is 3.91. The highest BCUT2D eigenvalue weighted by Gasteiger charge is 2.15. The summed E-state index contributed by atoms with van der Waals surface area (Å²) in [7, 11) is 1.84. The third-order valence-electron chi connectivity index (χ3n) is 5.13. The Labute approximate surface area is 172 Å². The second-order valence-corrected chi connectivity index (χ2v) is 7.87. The SMILES string of the molecule is Cc1ccc(NC(=O)C[NH+](C)CC(=O)Nc2ccc(N3CCCCC3)cc2)cc1. The summed E-state index contributed by atoms with van der Waals surface area (Å²) in [4.78, 5) is 27.7. The first-order valence-corrected chi connectivity index (χ1v) is 10.3. The predicted molar refractivity (Wildman–Crippen MR) is 118 cm³/mol. The molecule has 0 aliphatic carbocycles. The Morgan fingerprint density at radius 3 is 1.83 bits per heavy atom. The van der Waals surface area contributed by atoms with E-state index in [1.54, 1.807) is 0 Å². The summed E-state index contributed by atoms with van der Waals surface area (Å²) in [5.74, 6) is -0.207. The van der Waals surface area contributed by atoms with Gasteiger partial charge in [-0.25, -0.2) is 0 Å². The van der Waals surface area contributed by atoms with Crippen LogP contribution in [-0.2, 0) is 9.59 Å². The Bertz CT molecular complexity index is 812. The Hall–Kier alpha value is -2.86. The second kappa shape index (κ2) is 10.1. The molecule has 1 heterocycles. The van der Waals surface area contributed by atoms with Crippen molar-refractivity contribution in [2.75, 3.05) is 48.8 Å². The standard InChI is InChI=1S/C23H30N4O2/c1-18-6-8-19(9-7-18)24-22(28)16-26(2)17-23(29)25-20-10-12-21(13-11-20)27-14-4-3-5-15-27/h6-13H,3-5,14-17H2,1-2H3,(H,24,28)(H,25,29)/p+1. The molecule has 0 bridgehead atoms. The summed E-state index contributed by atoms with van der Waals surface area (Å²) < 4.78 is 0. The van der Waals surface area contributed by atoms with Gasteiger partial charge in [0.2, 0.25) is 0 Å². The molecule has 3 rings (SSSR count). The van der Waals surface area contributed by atoms with Gasteiger partial charge in [0.15, 0.2) is 13.1 Å². The number of piperidine rings is 1. The minimum atomic E-state index is -0.106. The van der Waals surface area contributed by atoms with Gasteiger partial charge in [-0.3, -0.25) is 9.59 Å². The maximum absolute atomic E-state index is 12.3. The van der Waals surface area contributed by atoms with Crippen LogP contribution in [0.15, 0.2) is 48.5 Å². The smallest absolute Gasteiger partial charge is 0.279 e. The molecule has 1 aliphatic rings. The first-order valence-electron chi connectivity index (χ1n) is 10.3. The normalized spacial score (nSPS) is 14.9. The molecule has 0 saturated carbocycles. The van der Waals surface area contributed by atoms with Crippen molar-refractivity contribution in [2.45, 2.75) is 26.2 Å². The molecule has 3 N–H and O–H groups in total. The van der Waals surface area contributed by atoms with Crippen molar-refractivity contribution in [1.29, 1.82) is 0 Å². The zero-order valence-electron chi connectivity index (χ0n) is 17.3. The van der Waals surface area contributed by atoms with Crippen LogP contribution in [0.3, 0.4) is 0 Å². The third-order valence-corrected chi connectivity index (χ3v) is 5.13. The predicted octanol–water partition coefficient (Wildman–Crippen LogP) is 2.08. The van der Waals surface area contributed by atoms with Gasteiger partial charge in [-0.15, -0.1) is 0 Å². The molecule has 2 aromatic rings. The largest absolute Gasteiger partial charge is 0.372 e. The van der Waals surface area contributed by atoms with Crippen molar-refractivity contribution in [3.8, 4) is 0 Å². The Balaban J connectivity index is 1.43. The second-order valence-electron chi connectivity index (χ2n) is 7.87. The highest BCUT2D eigenvalue weighted by molar-refractivity contribution is 5.93. The molecule has 2 aromatic carbocycles. The monoisotopic (exact) mass is 395 g/mol. The zero-order valence-corrected chi connectivity index (χ0v) is 17.3. The highest BCUT2D eigenvalue weighted by Crippen LogP contribution is 2.21. The number of likely N-dealkylation sites (N-methyl/N-ethyl adjacent to an activating group) is 1. The summed E-state index contributed by atoms with van der Waals surface area (Å²) in [6.45, 7) is 4.67. The molecule has 1 aliphatic heterocycles. The van der Waals surface area contributed by atoms with Crippen LogP contribution in [0, 0.1) is 6.92 Å². The number of nitrogens with one attached hydrogen (secondary N) is 3. The molecule has 29 heavy (non-hydrogen) atoms. The van der Waals surface area contributed by atoms with E-state index in [4.69, 9.17) is 0 Å². The molecule has 154 valence electrons. The van der Waals surface area contributed by atoms with Crippen molar-refractivity contribution in [3.63, 3.8) is 0 Å². The molecule has 0 radical (unpaired) electrons. The fraction of sp³-hybridized carbons (Fsp3) is 0.391. The zero-order chi connectivity index (χ0) is 20.6. The van der Waals surface area contributed by atoms with Gasteiger partial charge in [-0.2, -0.15) is 0 Å². The van der Waals surface area contributed by atoms with E-state index in [1.807, 2.05) is 50.4 Å². The van der Waals surface area contributed by atoms with E-state index in [0.717, 1.165) is 34.9 Å². The Kier molecular flexibility index (Phi) is 7.25. The first kappa shape index (κ1) is 20.9. The van der Waals surface area contributed by atoms with Gasteiger partial charge in [-0.1, -0.05) is 17.7 Å². The number of rotatable bonds is 7. The van der Waals surface area contributed by atoms with Crippen LogP contribution in [-0.4, -0.2) is 45.0 Å². The maximum Gasteiger partial charge on any atom is 0.279 e.